The lowest BCUT2D eigenvalue weighted by Gasteiger charge is -2.24. The molecular formula is C24H33N5O2S. The maximum absolute atomic E-state index is 9.72. The number of hydrogen-bond acceptors (Lipinski definition) is 7. The molecule has 7 nitrogen and oxygen atoms in total. The molecule has 3 aromatic rings. The second kappa shape index (κ2) is 9.00. The number of fused-ring (bicyclic) bond motifs is 1. The van der Waals surface area contributed by atoms with Gasteiger partial charge in [0.2, 0.25) is 0 Å². The highest BCUT2D eigenvalue weighted by Gasteiger charge is 2.23. The van der Waals surface area contributed by atoms with Gasteiger partial charge < -0.3 is 20.1 Å². The zero-order chi connectivity index (χ0) is 22.1. The summed E-state index contributed by atoms with van der Waals surface area (Å²) in [6.07, 6.45) is 7.61. The first kappa shape index (κ1) is 21.7. The topological polar surface area (TPSA) is 75.4 Å². The van der Waals surface area contributed by atoms with E-state index >= 15 is 0 Å². The van der Waals surface area contributed by atoms with Gasteiger partial charge in [0.25, 0.3) is 0 Å². The highest BCUT2D eigenvalue weighted by Crippen LogP contribution is 2.40. The lowest BCUT2D eigenvalue weighted by molar-refractivity contribution is -0.0383. The Bertz CT molecular complexity index is 1060. The zero-order valence-corrected chi connectivity index (χ0v) is 19.8. The fourth-order valence-electron chi connectivity index (χ4n) is 4.42. The van der Waals surface area contributed by atoms with Crippen LogP contribution in [0.1, 0.15) is 52.2 Å². The molecule has 2 aliphatic rings. The number of ether oxygens (including phenoxy) is 1. The number of anilines is 2. The van der Waals surface area contributed by atoms with Crippen LogP contribution in [0.25, 0.3) is 20.8 Å². The Morgan fingerprint density at radius 3 is 2.81 bits per heavy atom. The summed E-state index contributed by atoms with van der Waals surface area (Å²) in [4.78, 5) is 8.57. The van der Waals surface area contributed by atoms with E-state index in [1.54, 1.807) is 11.3 Å². The fraction of sp³-hybridized carbons (Fsp3) is 0.583. The van der Waals surface area contributed by atoms with Crippen LogP contribution in [0.5, 0.6) is 0 Å². The SMILES string of the molecule is CC(C)(CO)CNc1cc(N2CCCC2)nc2cc(-c3ccnn3C3CCCCO3)sc12. The molecule has 0 aliphatic carbocycles. The lowest BCUT2D eigenvalue weighted by Crippen LogP contribution is -2.27. The Labute approximate surface area is 193 Å². The van der Waals surface area contributed by atoms with Crippen LogP contribution in [0.15, 0.2) is 24.4 Å². The number of rotatable bonds is 7. The molecule has 0 radical (unpaired) electrons. The minimum atomic E-state index is -0.194. The van der Waals surface area contributed by atoms with Crippen molar-refractivity contribution in [3.8, 4) is 10.6 Å². The first-order chi connectivity index (χ1) is 15.5. The summed E-state index contributed by atoms with van der Waals surface area (Å²) >= 11 is 1.75. The van der Waals surface area contributed by atoms with Gasteiger partial charge in [-0.15, -0.1) is 11.3 Å². The van der Waals surface area contributed by atoms with Gasteiger partial charge in [-0.25, -0.2) is 9.67 Å². The Morgan fingerprint density at radius 1 is 1.22 bits per heavy atom. The third kappa shape index (κ3) is 4.36. The molecule has 0 aromatic carbocycles. The Balaban J connectivity index is 1.53. The molecule has 2 fully saturated rings. The fourth-order valence-corrected chi connectivity index (χ4v) is 5.53. The van der Waals surface area contributed by atoms with Crippen LogP contribution < -0.4 is 10.2 Å². The van der Waals surface area contributed by atoms with E-state index in [2.05, 4.69) is 47.4 Å². The van der Waals surface area contributed by atoms with Crippen LogP contribution in [0, 0.1) is 5.41 Å². The molecule has 0 amide bonds. The summed E-state index contributed by atoms with van der Waals surface area (Å²) in [6, 6.07) is 6.45. The molecule has 1 atom stereocenters. The molecule has 1 unspecified atom stereocenters. The number of hydrogen-bond donors (Lipinski definition) is 2. The number of aliphatic hydroxyl groups excluding tert-OH is 1. The second-order valence-electron chi connectivity index (χ2n) is 9.71. The molecule has 5 heterocycles. The first-order valence-corrected chi connectivity index (χ1v) is 12.6. The minimum absolute atomic E-state index is 0.00929. The minimum Gasteiger partial charge on any atom is -0.396 e. The van der Waals surface area contributed by atoms with Crippen molar-refractivity contribution in [3.63, 3.8) is 0 Å². The van der Waals surface area contributed by atoms with Gasteiger partial charge in [-0.2, -0.15) is 5.10 Å². The predicted octanol–water partition coefficient (Wildman–Crippen LogP) is 4.89. The molecule has 2 aliphatic heterocycles. The van der Waals surface area contributed by atoms with E-state index in [-0.39, 0.29) is 18.2 Å². The van der Waals surface area contributed by atoms with Crippen molar-refractivity contribution in [1.29, 1.82) is 0 Å². The Kier molecular flexibility index (Phi) is 6.09. The van der Waals surface area contributed by atoms with Crippen LogP contribution in [0.3, 0.4) is 0 Å². The van der Waals surface area contributed by atoms with Gasteiger partial charge in [0.15, 0.2) is 6.23 Å². The van der Waals surface area contributed by atoms with E-state index in [4.69, 9.17) is 9.72 Å². The van der Waals surface area contributed by atoms with E-state index in [0.29, 0.717) is 6.54 Å². The summed E-state index contributed by atoms with van der Waals surface area (Å²) in [5, 5.41) is 17.9. The van der Waals surface area contributed by atoms with Gasteiger partial charge in [-0.05, 0) is 44.2 Å². The summed E-state index contributed by atoms with van der Waals surface area (Å²) in [6.45, 7) is 7.90. The number of nitrogens with zero attached hydrogens (tertiary/aromatic N) is 4. The van der Waals surface area contributed by atoms with Crippen molar-refractivity contribution >= 4 is 33.1 Å². The van der Waals surface area contributed by atoms with Crippen molar-refractivity contribution in [3.05, 3.63) is 24.4 Å². The van der Waals surface area contributed by atoms with Crippen LogP contribution >= 0.6 is 11.3 Å². The average Bonchev–Trinajstić information content (AvgIpc) is 3.57. The maximum Gasteiger partial charge on any atom is 0.150 e. The number of aliphatic hydroxyl groups is 1. The Morgan fingerprint density at radius 2 is 2.06 bits per heavy atom. The van der Waals surface area contributed by atoms with E-state index in [1.807, 2.05) is 10.9 Å². The van der Waals surface area contributed by atoms with Gasteiger partial charge in [0, 0.05) is 50.5 Å². The number of aromatic nitrogens is 3. The normalized spacial score (nSPS) is 19.7. The van der Waals surface area contributed by atoms with Crippen LogP contribution in [0.2, 0.25) is 0 Å². The first-order valence-electron chi connectivity index (χ1n) is 11.7. The van der Waals surface area contributed by atoms with Crippen molar-refractivity contribution in [1.82, 2.24) is 14.8 Å². The molecule has 3 aromatic heterocycles. The number of pyridine rings is 1. The second-order valence-corrected chi connectivity index (χ2v) is 10.8. The van der Waals surface area contributed by atoms with Gasteiger partial charge >= 0.3 is 0 Å². The zero-order valence-electron chi connectivity index (χ0n) is 19.0. The van der Waals surface area contributed by atoms with E-state index < -0.39 is 0 Å². The molecular weight excluding hydrogens is 422 g/mol. The van der Waals surface area contributed by atoms with Gasteiger partial charge in [0.1, 0.15) is 5.82 Å². The average molecular weight is 456 g/mol. The highest BCUT2D eigenvalue weighted by atomic mass is 32.1. The molecule has 172 valence electrons. The maximum atomic E-state index is 9.72. The molecule has 0 saturated carbocycles. The van der Waals surface area contributed by atoms with Crippen molar-refractivity contribution in [2.45, 2.75) is 52.2 Å². The summed E-state index contributed by atoms with van der Waals surface area (Å²) in [7, 11) is 0. The molecule has 32 heavy (non-hydrogen) atoms. The van der Waals surface area contributed by atoms with Crippen LogP contribution in [0.4, 0.5) is 11.5 Å². The Hall–Kier alpha value is -2.16. The van der Waals surface area contributed by atoms with Gasteiger partial charge in [-0.3, -0.25) is 0 Å². The van der Waals surface area contributed by atoms with E-state index in [0.717, 1.165) is 64.8 Å². The van der Waals surface area contributed by atoms with E-state index in [1.165, 1.54) is 19.3 Å². The molecule has 8 heteroatoms. The van der Waals surface area contributed by atoms with Crippen LogP contribution in [-0.2, 0) is 4.74 Å². The van der Waals surface area contributed by atoms with Crippen molar-refractivity contribution in [2.24, 2.45) is 5.41 Å². The van der Waals surface area contributed by atoms with Crippen LogP contribution in [-0.4, -0.2) is 52.7 Å². The molecule has 0 spiro atoms. The summed E-state index contributed by atoms with van der Waals surface area (Å²) in [5.74, 6) is 1.03. The summed E-state index contributed by atoms with van der Waals surface area (Å²) in [5.41, 5.74) is 3.00. The third-order valence-corrected chi connectivity index (χ3v) is 7.61. The third-order valence-electron chi connectivity index (χ3n) is 6.43. The molecule has 2 saturated heterocycles. The van der Waals surface area contributed by atoms with Gasteiger partial charge in [-0.1, -0.05) is 13.8 Å². The largest absolute Gasteiger partial charge is 0.396 e. The quantitative estimate of drug-likeness (QED) is 0.528. The number of nitrogens with one attached hydrogen (secondary N) is 1. The standard InChI is InChI=1S/C24H33N5O2S/c1-24(2,16-30)15-25-17-14-21(28-10-4-5-11-28)27-18-13-20(32-23(17)18)19-8-9-26-29(19)22-7-3-6-12-31-22/h8-9,13-14,22,30H,3-7,10-12,15-16H2,1-2H3,(H,25,27). The molecule has 2 N–H and O–H groups in total. The predicted molar refractivity (Wildman–Crippen MR) is 130 cm³/mol. The van der Waals surface area contributed by atoms with Gasteiger partial charge in [0.05, 0.1) is 26.5 Å². The molecule has 5 rings (SSSR count). The molecule has 0 bridgehead atoms. The van der Waals surface area contributed by atoms with Crippen molar-refractivity contribution < 1.29 is 9.84 Å². The smallest absolute Gasteiger partial charge is 0.150 e. The number of thiophene rings is 1. The lowest BCUT2D eigenvalue weighted by atomic mass is 9.95. The summed E-state index contributed by atoms with van der Waals surface area (Å²) < 4.78 is 9.19. The highest BCUT2D eigenvalue weighted by molar-refractivity contribution is 7.22. The van der Waals surface area contributed by atoms with E-state index in [9.17, 15) is 5.11 Å². The van der Waals surface area contributed by atoms with Crippen molar-refractivity contribution in [2.75, 3.05) is 43.1 Å². The monoisotopic (exact) mass is 455 g/mol.